The molecule has 0 saturated carbocycles. The van der Waals surface area contributed by atoms with Crippen molar-refractivity contribution in [3.05, 3.63) is 11.6 Å². The van der Waals surface area contributed by atoms with Gasteiger partial charge in [-0.05, 0) is 26.2 Å². The van der Waals surface area contributed by atoms with Crippen LogP contribution >= 0.6 is 0 Å². The van der Waals surface area contributed by atoms with Crippen LogP contribution in [-0.4, -0.2) is 77.2 Å². The normalized spacial score (nSPS) is 21.9. The fourth-order valence-electron chi connectivity index (χ4n) is 3.08. The van der Waals surface area contributed by atoms with Gasteiger partial charge in [-0.25, -0.2) is 0 Å². The second kappa shape index (κ2) is 11.4. The Hall–Kier alpha value is -1.11. The van der Waals surface area contributed by atoms with Crippen molar-refractivity contribution >= 4 is 5.96 Å². The van der Waals surface area contributed by atoms with E-state index in [0.717, 1.165) is 64.8 Å². The molecule has 2 aliphatic heterocycles. The second-order valence-electron chi connectivity index (χ2n) is 6.34. The molecule has 2 rings (SSSR count). The maximum Gasteiger partial charge on any atom is 0.193 e. The van der Waals surface area contributed by atoms with Crippen molar-refractivity contribution < 1.29 is 14.2 Å². The Labute approximate surface area is 146 Å². The molecule has 1 fully saturated rings. The summed E-state index contributed by atoms with van der Waals surface area (Å²) in [5.74, 6) is 1.63. The first-order chi connectivity index (χ1) is 11.8. The third-order valence-electron chi connectivity index (χ3n) is 4.46. The third-order valence-corrected chi connectivity index (χ3v) is 4.46. The molecule has 1 N–H and O–H groups in total. The van der Waals surface area contributed by atoms with Crippen molar-refractivity contribution in [2.45, 2.75) is 26.2 Å². The predicted molar refractivity (Wildman–Crippen MR) is 96.5 cm³/mol. The molecule has 0 aromatic rings. The number of methoxy groups -OCH3 is 1. The van der Waals surface area contributed by atoms with Crippen LogP contribution in [0.5, 0.6) is 0 Å². The van der Waals surface area contributed by atoms with E-state index in [9.17, 15) is 0 Å². The number of likely N-dealkylation sites (tertiary alicyclic amines) is 1. The van der Waals surface area contributed by atoms with Crippen molar-refractivity contribution in [1.29, 1.82) is 0 Å². The van der Waals surface area contributed by atoms with Gasteiger partial charge in [-0.15, -0.1) is 0 Å². The molecule has 2 aliphatic rings. The number of hydrogen-bond donors (Lipinski definition) is 1. The first-order valence-corrected chi connectivity index (χ1v) is 9.19. The van der Waals surface area contributed by atoms with E-state index in [1.54, 1.807) is 7.11 Å². The van der Waals surface area contributed by atoms with E-state index in [0.29, 0.717) is 19.1 Å². The van der Waals surface area contributed by atoms with E-state index in [2.05, 4.69) is 23.2 Å². The van der Waals surface area contributed by atoms with Crippen LogP contribution in [0.4, 0.5) is 0 Å². The third kappa shape index (κ3) is 6.79. The quantitative estimate of drug-likeness (QED) is 0.300. The van der Waals surface area contributed by atoms with E-state index in [-0.39, 0.29) is 0 Å². The minimum atomic E-state index is 0.587. The van der Waals surface area contributed by atoms with Gasteiger partial charge in [-0.2, -0.15) is 0 Å². The summed E-state index contributed by atoms with van der Waals surface area (Å²) in [5, 5.41) is 3.43. The average molecular weight is 339 g/mol. The summed E-state index contributed by atoms with van der Waals surface area (Å²) in [6.45, 7) is 9.73. The highest BCUT2D eigenvalue weighted by atomic mass is 16.5. The molecule has 0 spiro atoms. The van der Waals surface area contributed by atoms with Crippen molar-refractivity contribution in [3.63, 3.8) is 0 Å². The molecule has 0 aromatic carbocycles. The Morgan fingerprint density at radius 1 is 1.46 bits per heavy atom. The molecule has 1 saturated heterocycles. The minimum absolute atomic E-state index is 0.587. The summed E-state index contributed by atoms with van der Waals surface area (Å²) >= 11 is 0. The van der Waals surface area contributed by atoms with Crippen LogP contribution in [0.25, 0.3) is 0 Å². The van der Waals surface area contributed by atoms with Crippen molar-refractivity contribution in [3.8, 4) is 0 Å². The summed E-state index contributed by atoms with van der Waals surface area (Å²) in [4.78, 5) is 7.19. The van der Waals surface area contributed by atoms with E-state index < -0.39 is 0 Å². The minimum Gasteiger partial charge on any atom is -0.382 e. The molecule has 1 unspecified atom stereocenters. The Morgan fingerprint density at radius 3 is 3.12 bits per heavy atom. The van der Waals surface area contributed by atoms with Crippen LogP contribution in [0.15, 0.2) is 16.6 Å². The zero-order valence-corrected chi connectivity index (χ0v) is 15.3. The van der Waals surface area contributed by atoms with Gasteiger partial charge in [0.15, 0.2) is 5.96 Å². The van der Waals surface area contributed by atoms with E-state index >= 15 is 0 Å². The molecule has 138 valence electrons. The van der Waals surface area contributed by atoms with Gasteiger partial charge in [0.05, 0.1) is 33.0 Å². The molecular weight excluding hydrogens is 306 g/mol. The molecule has 0 bridgehead atoms. The van der Waals surface area contributed by atoms with Crippen LogP contribution in [0.2, 0.25) is 0 Å². The van der Waals surface area contributed by atoms with Gasteiger partial charge in [0.25, 0.3) is 0 Å². The van der Waals surface area contributed by atoms with E-state index in [4.69, 9.17) is 19.2 Å². The summed E-state index contributed by atoms with van der Waals surface area (Å²) < 4.78 is 16.0. The first-order valence-electron chi connectivity index (χ1n) is 9.19. The maximum atomic E-state index is 5.68. The monoisotopic (exact) mass is 339 g/mol. The largest absolute Gasteiger partial charge is 0.382 e. The summed E-state index contributed by atoms with van der Waals surface area (Å²) in [6, 6.07) is 0. The predicted octanol–water partition coefficient (Wildman–Crippen LogP) is 1.67. The lowest BCUT2D eigenvalue weighted by atomic mass is 10.1. The number of hydrogen-bond acceptors (Lipinski definition) is 4. The first kappa shape index (κ1) is 19.2. The molecule has 0 aliphatic carbocycles. The highest BCUT2D eigenvalue weighted by Gasteiger charge is 2.24. The summed E-state index contributed by atoms with van der Waals surface area (Å²) in [6.07, 6.45) is 5.46. The van der Waals surface area contributed by atoms with Gasteiger partial charge < -0.3 is 24.4 Å². The molecule has 2 heterocycles. The van der Waals surface area contributed by atoms with Crippen LogP contribution < -0.4 is 5.32 Å². The zero-order chi connectivity index (χ0) is 17.0. The topological polar surface area (TPSA) is 55.3 Å². The fraction of sp³-hybridized carbons (Fsp3) is 0.833. The molecule has 6 heteroatoms. The van der Waals surface area contributed by atoms with Crippen molar-refractivity contribution in [2.75, 3.05) is 66.3 Å². The maximum absolute atomic E-state index is 5.68. The number of rotatable bonds is 9. The Bertz CT molecular complexity index is 412. The lowest BCUT2D eigenvalue weighted by Gasteiger charge is -2.22. The van der Waals surface area contributed by atoms with Crippen LogP contribution in [0, 0.1) is 5.92 Å². The summed E-state index contributed by atoms with van der Waals surface area (Å²) in [5.41, 5.74) is 1.48. The standard InChI is InChI=1S/C18H33N3O3/c1-3-19-18(20-8-4-16-6-10-23-11-7-16)21-9-5-17(14-21)15-24-13-12-22-2/h6,17H,3-5,7-15H2,1-2H3,(H,19,20). The number of nitrogens with one attached hydrogen (secondary N) is 1. The molecule has 0 amide bonds. The molecular formula is C18H33N3O3. The van der Waals surface area contributed by atoms with Crippen LogP contribution in [0.3, 0.4) is 0 Å². The zero-order valence-electron chi connectivity index (χ0n) is 15.3. The highest BCUT2D eigenvalue weighted by Crippen LogP contribution is 2.17. The van der Waals surface area contributed by atoms with Crippen molar-refractivity contribution in [2.24, 2.45) is 10.9 Å². The lowest BCUT2D eigenvalue weighted by Crippen LogP contribution is -2.40. The van der Waals surface area contributed by atoms with Crippen LogP contribution in [-0.2, 0) is 14.2 Å². The molecule has 24 heavy (non-hydrogen) atoms. The van der Waals surface area contributed by atoms with Crippen molar-refractivity contribution in [1.82, 2.24) is 10.2 Å². The smallest absolute Gasteiger partial charge is 0.193 e. The molecule has 1 atom stereocenters. The molecule has 0 radical (unpaired) electrons. The van der Waals surface area contributed by atoms with E-state index in [1.165, 1.54) is 12.0 Å². The van der Waals surface area contributed by atoms with Gasteiger partial charge in [0, 0.05) is 39.2 Å². The highest BCUT2D eigenvalue weighted by molar-refractivity contribution is 5.80. The number of aliphatic imine (C=N–C) groups is 1. The lowest BCUT2D eigenvalue weighted by molar-refractivity contribution is 0.0536. The Balaban J connectivity index is 1.75. The summed E-state index contributed by atoms with van der Waals surface area (Å²) in [7, 11) is 1.70. The number of guanidine groups is 1. The van der Waals surface area contributed by atoms with Gasteiger partial charge in [-0.3, -0.25) is 4.99 Å². The molecule has 0 aromatic heterocycles. The van der Waals surface area contributed by atoms with Gasteiger partial charge in [0.1, 0.15) is 0 Å². The van der Waals surface area contributed by atoms with Gasteiger partial charge >= 0.3 is 0 Å². The second-order valence-corrected chi connectivity index (χ2v) is 6.34. The SMILES string of the molecule is CCNC(=NCCC1=CCOCC1)N1CCC(COCCOC)C1. The Kier molecular flexibility index (Phi) is 9.16. The molecule has 6 nitrogen and oxygen atoms in total. The number of nitrogens with zero attached hydrogens (tertiary/aromatic N) is 2. The fourth-order valence-corrected chi connectivity index (χ4v) is 3.08. The van der Waals surface area contributed by atoms with Crippen LogP contribution in [0.1, 0.15) is 26.2 Å². The van der Waals surface area contributed by atoms with Gasteiger partial charge in [0.2, 0.25) is 0 Å². The van der Waals surface area contributed by atoms with E-state index in [1.807, 2.05) is 0 Å². The van der Waals surface area contributed by atoms with Gasteiger partial charge in [-0.1, -0.05) is 11.6 Å². The average Bonchev–Trinajstić information content (AvgIpc) is 3.08. The number of ether oxygens (including phenoxy) is 3. The Morgan fingerprint density at radius 2 is 2.38 bits per heavy atom.